The highest BCUT2D eigenvalue weighted by atomic mass is 16.4. The van der Waals surface area contributed by atoms with Crippen molar-refractivity contribution in [3.05, 3.63) is 30.9 Å². The summed E-state index contributed by atoms with van der Waals surface area (Å²) in [5.41, 5.74) is 1.21. The van der Waals surface area contributed by atoms with Gasteiger partial charge in [0.05, 0.1) is 11.9 Å². The van der Waals surface area contributed by atoms with E-state index in [-0.39, 0.29) is 5.95 Å². The molecule has 1 unspecified atom stereocenters. The third-order valence-electron chi connectivity index (χ3n) is 2.93. The number of aromatic nitrogens is 4. The average Bonchev–Trinajstić information content (AvgIpc) is 2.52. The molecule has 0 fully saturated rings. The number of hydrogen-bond acceptors (Lipinski definition) is 6. The minimum absolute atomic E-state index is 0.279. The molecular weight excluding hydrogens is 270 g/mol. The lowest BCUT2D eigenvalue weighted by Crippen LogP contribution is -2.30. The van der Waals surface area contributed by atoms with Crippen LogP contribution in [0.2, 0.25) is 0 Å². The van der Waals surface area contributed by atoms with Crippen molar-refractivity contribution in [1.29, 1.82) is 0 Å². The van der Waals surface area contributed by atoms with Crippen molar-refractivity contribution in [2.75, 3.05) is 5.32 Å². The number of rotatable bonds is 7. The zero-order valence-electron chi connectivity index (χ0n) is 11.7. The van der Waals surface area contributed by atoms with Gasteiger partial charge in [-0.3, -0.25) is 9.97 Å². The summed E-state index contributed by atoms with van der Waals surface area (Å²) in [6.45, 7) is 2.02. The molecule has 0 bridgehead atoms. The summed E-state index contributed by atoms with van der Waals surface area (Å²) in [4.78, 5) is 27.7. The summed E-state index contributed by atoms with van der Waals surface area (Å²) in [5, 5.41) is 12.1. The van der Waals surface area contributed by atoms with Gasteiger partial charge in [0, 0.05) is 18.6 Å². The molecule has 0 saturated carbocycles. The molecule has 7 heteroatoms. The lowest BCUT2D eigenvalue weighted by atomic mass is 10.1. The van der Waals surface area contributed by atoms with Crippen LogP contribution in [0, 0.1) is 0 Å². The number of anilines is 1. The monoisotopic (exact) mass is 287 g/mol. The molecule has 0 aliphatic carbocycles. The average molecular weight is 287 g/mol. The summed E-state index contributed by atoms with van der Waals surface area (Å²) in [6.07, 6.45) is 8.61. The van der Waals surface area contributed by atoms with E-state index in [9.17, 15) is 9.90 Å². The number of nitrogens with one attached hydrogen (secondary N) is 1. The smallest absolute Gasteiger partial charge is 0.326 e. The van der Waals surface area contributed by atoms with Gasteiger partial charge in [-0.2, -0.15) is 0 Å². The zero-order valence-corrected chi connectivity index (χ0v) is 11.7. The Kier molecular flexibility index (Phi) is 5.14. The third kappa shape index (κ3) is 4.20. The fourth-order valence-electron chi connectivity index (χ4n) is 1.82. The van der Waals surface area contributed by atoms with E-state index in [1.54, 1.807) is 30.9 Å². The molecule has 2 aromatic rings. The summed E-state index contributed by atoms with van der Waals surface area (Å²) >= 11 is 0. The van der Waals surface area contributed by atoms with Crippen LogP contribution < -0.4 is 5.32 Å². The Hall–Kier alpha value is -2.57. The zero-order chi connectivity index (χ0) is 15.1. The van der Waals surface area contributed by atoms with Crippen molar-refractivity contribution < 1.29 is 9.90 Å². The van der Waals surface area contributed by atoms with E-state index in [0.717, 1.165) is 12.8 Å². The van der Waals surface area contributed by atoms with Gasteiger partial charge in [-0.15, -0.1) is 0 Å². The van der Waals surface area contributed by atoms with E-state index in [1.807, 2.05) is 6.92 Å². The molecule has 110 valence electrons. The Bertz CT molecular complexity index is 591. The molecule has 0 amide bonds. The molecule has 1 atom stereocenters. The Morgan fingerprint density at radius 3 is 2.81 bits per heavy atom. The molecule has 0 aromatic carbocycles. The van der Waals surface area contributed by atoms with Gasteiger partial charge in [0.15, 0.2) is 0 Å². The van der Waals surface area contributed by atoms with Crippen LogP contribution in [0.3, 0.4) is 0 Å². The highest BCUT2D eigenvalue weighted by Crippen LogP contribution is 2.14. The molecule has 0 saturated heterocycles. The number of aliphatic carboxylic acids is 1. The number of carboxylic acids is 1. The van der Waals surface area contributed by atoms with Crippen molar-refractivity contribution in [3.63, 3.8) is 0 Å². The molecule has 21 heavy (non-hydrogen) atoms. The molecule has 0 aliphatic heterocycles. The molecule has 0 spiro atoms. The fraction of sp³-hybridized carbons (Fsp3) is 0.357. The standard InChI is InChI=1S/C14H17N5O2/c1-2-3-4-11(13(20)21)19-14-17-6-5-10(18-14)12-9-15-7-8-16-12/h5-9,11H,2-4H2,1H3,(H,20,21)(H,17,18,19). The highest BCUT2D eigenvalue weighted by molar-refractivity contribution is 5.76. The minimum atomic E-state index is -0.906. The molecule has 2 N–H and O–H groups in total. The van der Waals surface area contributed by atoms with E-state index in [2.05, 4.69) is 25.3 Å². The van der Waals surface area contributed by atoms with E-state index < -0.39 is 12.0 Å². The maximum absolute atomic E-state index is 11.2. The molecule has 0 aliphatic rings. The van der Waals surface area contributed by atoms with Crippen LogP contribution in [0.5, 0.6) is 0 Å². The number of carboxylic acid groups (broad SMARTS) is 1. The fourth-order valence-corrected chi connectivity index (χ4v) is 1.82. The topological polar surface area (TPSA) is 101 Å². The van der Waals surface area contributed by atoms with E-state index in [0.29, 0.717) is 17.8 Å². The Morgan fingerprint density at radius 1 is 1.29 bits per heavy atom. The summed E-state index contributed by atoms with van der Waals surface area (Å²) in [6, 6.07) is 1.01. The third-order valence-corrected chi connectivity index (χ3v) is 2.93. The largest absolute Gasteiger partial charge is 0.480 e. The van der Waals surface area contributed by atoms with Crippen molar-refractivity contribution in [3.8, 4) is 11.4 Å². The predicted molar refractivity (Wildman–Crippen MR) is 77.6 cm³/mol. The SMILES string of the molecule is CCCCC(Nc1nccc(-c2cnccn2)n1)C(=O)O. The van der Waals surface area contributed by atoms with Gasteiger partial charge in [-0.25, -0.2) is 14.8 Å². The van der Waals surface area contributed by atoms with Gasteiger partial charge in [0.1, 0.15) is 11.7 Å². The van der Waals surface area contributed by atoms with Crippen LogP contribution in [0.1, 0.15) is 26.2 Å². The van der Waals surface area contributed by atoms with Crippen molar-refractivity contribution in [2.24, 2.45) is 0 Å². The van der Waals surface area contributed by atoms with Gasteiger partial charge in [-0.05, 0) is 12.5 Å². The Balaban J connectivity index is 2.15. The Labute approximate surface area is 122 Å². The Morgan fingerprint density at radius 2 is 2.14 bits per heavy atom. The number of unbranched alkanes of at least 4 members (excludes halogenated alkanes) is 1. The van der Waals surface area contributed by atoms with Crippen LogP contribution in [-0.4, -0.2) is 37.1 Å². The minimum Gasteiger partial charge on any atom is -0.480 e. The summed E-state index contributed by atoms with van der Waals surface area (Å²) in [7, 11) is 0. The molecule has 0 radical (unpaired) electrons. The molecule has 2 aromatic heterocycles. The second-order valence-corrected chi connectivity index (χ2v) is 4.53. The van der Waals surface area contributed by atoms with Crippen LogP contribution in [0.4, 0.5) is 5.95 Å². The quantitative estimate of drug-likeness (QED) is 0.803. The first-order valence-electron chi connectivity index (χ1n) is 6.79. The molecule has 2 rings (SSSR count). The van der Waals surface area contributed by atoms with E-state index in [4.69, 9.17) is 0 Å². The van der Waals surface area contributed by atoms with E-state index >= 15 is 0 Å². The van der Waals surface area contributed by atoms with Gasteiger partial charge in [-0.1, -0.05) is 19.8 Å². The van der Waals surface area contributed by atoms with Crippen LogP contribution in [0.25, 0.3) is 11.4 Å². The van der Waals surface area contributed by atoms with Gasteiger partial charge in [0.25, 0.3) is 0 Å². The van der Waals surface area contributed by atoms with Gasteiger partial charge >= 0.3 is 5.97 Å². The van der Waals surface area contributed by atoms with Crippen LogP contribution in [0.15, 0.2) is 30.9 Å². The molecular formula is C14H17N5O2. The van der Waals surface area contributed by atoms with Crippen molar-refractivity contribution >= 4 is 11.9 Å². The van der Waals surface area contributed by atoms with Gasteiger partial charge in [0.2, 0.25) is 5.95 Å². The van der Waals surface area contributed by atoms with Crippen LogP contribution >= 0.6 is 0 Å². The predicted octanol–water partition coefficient (Wildman–Crippen LogP) is 1.99. The number of hydrogen-bond donors (Lipinski definition) is 2. The number of nitrogens with zero attached hydrogens (tertiary/aromatic N) is 4. The van der Waals surface area contributed by atoms with Crippen molar-refractivity contribution in [2.45, 2.75) is 32.2 Å². The summed E-state index contributed by atoms with van der Waals surface area (Å²) in [5.74, 6) is -0.626. The maximum atomic E-state index is 11.2. The lowest BCUT2D eigenvalue weighted by molar-refractivity contribution is -0.138. The first-order valence-corrected chi connectivity index (χ1v) is 6.79. The first kappa shape index (κ1) is 14.8. The highest BCUT2D eigenvalue weighted by Gasteiger charge is 2.17. The lowest BCUT2D eigenvalue weighted by Gasteiger charge is -2.14. The molecule has 7 nitrogen and oxygen atoms in total. The normalized spacial score (nSPS) is 11.9. The van der Waals surface area contributed by atoms with E-state index in [1.165, 1.54) is 0 Å². The van der Waals surface area contributed by atoms with Crippen molar-refractivity contribution in [1.82, 2.24) is 19.9 Å². The summed E-state index contributed by atoms with van der Waals surface area (Å²) < 4.78 is 0. The van der Waals surface area contributed by atoms with Crippen LogP contribution in [-0.2, 0) is 4.79 Å². The second-order valence-electron chi connectivity index (χ2n) is 4.53. The second kappa shape index (κ2) is 7.28. The first-order chi connectivity index (χ1) is 10.2. The number of carbonyl (C=O) groups is 1. The maximum Gasteiger partial charge on any atom is 0.326 e. The van der Waals surface area contributed by atoms with Gasteiger partial charge < -0.3 is 10.4 Å². The molecule has 2 heterocycles.